The third kappa shape index (κ3) is 6.06. The average Bonchev–Trinajstić information content (AvgIpc) is 2.36. The first-order chi connectivity index (χ1) is 9.73. The van der Waals surface area contributed by atoms with Crippen LogP contribution in [0.4, 0.5) is 4.79 Å². The quantitative estimate of drug-likeness (QED) is 0.873. The highest BCUT2D eigenvalue weighted by Gasteiger charge is 2.13. The fourth-order valence-corrected chi connectivity index (χ4v) is 2.02. The van der Waals surface area contributed by atoms with Crippen molar-refractivity contribution in [1.82, 2.24) is 10.6 Å². The topological polar surface area (TPSA) is 50.4 Å². The van der Waals surface area contributed by atoms with Crippen molar-refractivity contribution in [2.75, 3.05) is 13.7 Å². The van der Waals surface area contributed by atoms with Crippen LogP contribution in [0.15, 0.2) is 18.2 Å². The highest BCUT2D eigenvalue weighted by Crippen LogP contribution is 2.24. The standard InChI is InChI=1S/C17H28N2O2/c1-12(2)14-8-7-13(15(11-14)21-6)9-10-18-16(20)19-17(3,4)5/h7-8,11-12H,9-10H2,1-6H3,(H2,18,19,20). The Hall–Kier alpha value is -1.71. The number of amides is 2. The highest BCUT2D eigenvalue weighted by atomic mass is 16.5. The molecule has 4 nitrogen and oxygen atoms in total. The molecule has 0 heterocycles. The average molecular weight is 292 g/mol. The van der Waals surface area contributed by atoms with Crippen LogP contribution in [0.2, 0.25) is 0 Å². The van der Waals surface area contributed by atoms with Crippen molar-refractivity contribution in [1.29, 1.82) is 0 Å². The maximum Gasteiger partial charge on any atom is 0.315 e. The first kappa shape index (κ1) is 17.3. The molecule has 0 spiro atoms. The van der Waals surface area contributed by atoms with E-state index in [-0.39, 0.29) is 11.6 Å². The van der Waals surface area contributed by atoms with Crippen LogP contribution in [0.1, 0.15) is 51.7 Å². The van der Waals surface area contributed by atoms with Gasteiger partial charge in [-0.3, -0.25) is 0 Å². The molecule has 0 unspecified atom stereocenters. The molecule has 118 valence electrons. The maximum atomic E-state index is 11.7. The normalized spacial score (nSPS) is 11.4. The van der Waals surface area contributed by atoms with E-state index in [1.165, 1.54) is 5.56 Å². The van der Waals surface area contributed by atoms with Gasteiger partial charge < -0.3 is 15.4 Å². The van der Waals surface area contributed by atoms with Gasteiger partial charge in [-0.1, -0.05) is 26.0 Å². The summed E-state index contributed by atoms with van der Waals surface area (Å²) in [7, 11) is 1.68. The van der Waals surface area contributed by atoms with Crippen LogP contribution in [-0.2, 0) is 6.42 Å². The number of benzene rings is 1. The number of hydrogen-bond donors (Lipinski definition) is 2. The third-order valence-electron chi connectivity index (χ3n) is 3.15. The van der Waals surface area contributed by atoms with E-state index < -0.39 is 0 Å². The summed E-state index contributed by atoms with van der Waals surface area (Å²) in [6, 6.07) is 6.14. The molecule has 0 atom stereocenters. The predicted octanol–water partition coefficient (Wildman–Crippen LogP) is 3.46. The van der Waals surface area contributed by atoms with Gasteiger partial charge in [0, 0.05) is 12.1 Å². The Kier molecular flexibility index (Phi) is 6.06. The van der Waals surface area contributed by atoms with Gasteiger partial charge in [0.15, 0.2) is 0 Å². The van der Waals surface area contributed by atoms with Crippen LogP contribution in [0.25, 0.3) is 0 Å². The minimum Gasteiger partial charge on any atom is -0.496 e. The molecule has 0 aromatic heterocycles. The van der Waals surface area contributed by atoms with Gasteiger partial charge in [-0.25, -0.2) is 4.79 Å². The number of urea groups is 1. The zero-order valence-corrected chi connectivity index (χ0v) is 14.0. The molecule has 21 heavy (non-hydrogen) atoms. The fourth-order valence-electron chi connectivity index (χ4n) is 2.02. The number of rotatable bonds is 5. The molecule has 0 radical (unpaired) electrons. The Morgan fingerprint density at radius 3 is 2.48 bits per heavy atom. The van der Waals surface area contributed by atoms with Crippen molar-refractivity contribution >= 4 is 6.03 Å². The number of carbonyl (C=O) groups excluding carboxylic acids is 1. The van der Waals surface area contributed by atoms with E-state index in [9.17, 15) is 4.79 Å². The lowest BCUT2D eigenvalue weighted by Crippen LogP contribution is -2.46. The van der Waals surface area contributed by atoms with Crippen molar-refractivity contribution in [2.45, 2.75) is 52.5 Å². The van der Waals surface area contributed by atoms with Crippen LogP contribution in [0.3, 0.4) is 0 Å². The number of nitrogens with one attached hydrogen (secondary N) is 2. The Balaban J connectivity index is 2.58. The zero-order valence-electron chi connectivity index (χ0n) is 14.0. The zero-order chi connectivity index (χ0) is 16.0. The van der Waals surface area contributed by atoms with Crippen molar-refractivity contribution in [3.63, 3.8) is 0 Å². The first-order valence-corrected chi connectivity index (χ1v) is 7.46. The molecule has 0 aliphatic carbocycles. The van der Waals surface area contributed by atoms with Crippen molar-refractivity contribution in [3.05, 3.63) is 29.3 Å². The second kappa shape index (κ2) is 7.34. The molecule has 4 heteroatoms. The lowest BCUT2D eigenvalue weighted by molar-refractivity contribution is 0.232. The predicted molar refractivity (Wildman–Crippen MR) is 87.1 cm³/mol. The fraction of sp³-hybridized carbons (Fsp3) is 0.588. The van der Waals surface area contributed by atoms with E-state index in [4.69, 9.17) is 4.74 Å². The number of hydrogen-bond acceptors (Lipinski definition) is 2. The maximum absolute atomic E-state index is 11.7. The third-order valence-corrected chi connectivity index (χ3v) is 3.15. The van der Waals surface area contributed by atoms with E-state index in [0.29, 0.717) is 12.5 Å². The van der Waals surface area contributed by atoms with Crippen LogP contribution in [0, 0.1) is 0 Å². The van der Waals surface area contributed by atoms with Crippen LogP contribution < -0.4 is 15.4 Å². The van der Waals surface area contributed by atoms with Crippen molar-refractivity contribution in [3.8, 4) is 5.75 Å². The summed E-state index contributed by atoms with van der Waals surface area (Å²) in [6.45, 7) is 10.8. The van der Waals surface area contributed by atoms with Crippen LogP contribution in [-0.4, -0.2) is 25.2 Å². The summed E-state index contributed by atoms with van der Waals surface area (Å²) < 4.78 is 5.45. The van der Waals surface area contributed by atoms with Gasteiger partial charge in [0.05, 0.1) is 7.11 Å². The molecule has 0 bridgehead atoms. The SMILES string of the molecule is COc1cc(C(C)C)ccc1CCNC(=O)NC(C)(C)C. The van der Waals surface area contributed by atoms with Gasteiger partial charge in [-0.05, 0) is 50.3 Å². The number of ether oxygens (including phenoxy) is 1. The Bertz CT molecular complexity index is 476. The summed E-state index contributed by atoms with van der Waals surface area (Å²) >= 11 is 0. The minimum absolute atomic E-state index is 0.139. The summed E-state index contributed by atoms with van der Waals surface area (Å²) in [5, 5.41) is 5.75. The van der Waals surface area contributed by atoms with E-state index in [1.54, 1.807) is 7.11 Å². The molecule has 2 amide bonds. The molecule has 0 aliphatic rings. The molecular formula is C17H28N2O2. The number of methoxy groups -OCH3 is 1. The molecule has 2 N–H and O–H groups in total. The Morgan fingerprint density at radius 2 is 1.95 bits per heavy atom. The van der Waals surface area contributed by atoms with Gasteiger partial charge in [-0.15, -0.1) is 0 Å². The first-order valence-electron chi connectivity index (χ1n) is 7.46. The second-order valence-corrected chi connectivity index (χ2v) is 6.61. The van der Waals surface area contributed by atoms with Gasteiger partial charge in [0.2, 0.25) is 0 Å². The van der Waals surface area contributed by atoms with Crippen molar-refractivity contribution < 1.29 is 9.53 Å². The van der Waals surface area contributed by atoms with Crippen LogP contribution >= 0.6 is 0 Å². The van der Waals surface area contributed by atoms with E-state index in [2.05, 4.69) is 42.7 Å². The van der Waals surface area contributed by atoms with E-state index in [0.717, 1.165) is 17.7 Å². The van der Waals surface area contributed by atoms with E-state index >= 15 is 0 Å². The van der Waals surface area contributed by atoms with Gasteiger partial charge in [0.1, 0.15) is 5.75 Å². The largest absolute Gasteiger partial charge is 0.496 e. The molecule has 1 aromatic carbocycles. The molecule has 0 aliphatic heterocycles. The van der Waals surface area contributed by atoms with Gasteiger partial charge in [-0.2, -0.15) is 0 Å². The lowest BCUT2D eigenvalue weighted by atomic mass is 10.00. The Labute approximate surface area is 128 Å². The minimum atomic E-state index is -0.222. The smallest absolute Gasteiger partial charge is 0.315 e. The molecule has 1 aromatic rings. The molecule has 0 saturated carbocycles. The van der Waals surface area contributed by atoms with Crippen LogP contribution in [0.5, 0.6) is 5.75 Å². The van der Waals surface area contributed by atoms with Gasteiger partial charge in [0.25, 0.3) is 0 Å². The monoisotopic (exact) mass is 292 g/mol. The van der Waals surface area contributed by atoms with Crippen molar-refractivity contribution in [2.24, 2.45) is 0 Å². The van der Waals surface area contributed by atoms with Gasteiger partial charge >= 0.3 is 6.03 Å². The molecular weight excluding hydrogens is 264 g/mol. The summed E-state index contributed by atoms with van der Waals surface area (Å²) in [5.74, 6) is 1.36. The number of carbonyl (C=O) groups is 1. The Morgan fingerprint density at radius 1 is 1.29 bits per heavy atom. The summed E-state index contributed by atoms with van der Waals surface area (Å²) in [5.41, 5.74) is 2.15. The lowest BCUT2D eigenvalue weighted by Gasteiger charge is -2.21. The summed E-state index contributed by atoms with van der Waals surface area (Å²) in [4.78, 5) is 11.7. The molecule has 0 fully saturated rings. The molecule has 1 rings (SSSR count). The highest BCUT2D eigenvalue weighted by molar-refractivity contribution is 5.74. The van der Waals surface area contributed by atoms with E-state index in [1.807, 2.05) is 20.8 Å². The summed E-state index contributed by atoms with van der Waals surface area (Å²) in [6.07, 6.45) is 0.749. The second-order valence-electron chi connectivity index (χ2n) is 6.61. The molecule has 0 saturated heterocycles.